The molecule has 8 heteroatoms. The Labute approximate surface area is 171 Å². The maximum atomic E-state index is 14.4. The second-order valence-corrected chi connectivity index (χ2v) is 7.74. The summed E-state index contributed by atoms with van der Waals surface area (Å²) in [6, 6.07) is 11.8. The van der Waals surface area contributed by atoms with Gasteiger partial charge >= 0.3 is 0 Å². The molecule has 0 aromatic heterocycles. The average molecular weight is 414 g/mol. The normalized spacial score (nSPS) is 20.4. The molecule has 2 aromatic carbocycles. The van der Waals surface area contributed by atoms with E-state index in [0.717, 1.165) is 5.56 Å². The van der Waals surface area contributed by atoms with Gasteiger partial charge in [-0.1, -0.05) is 30.0 Å². The summed E-state index contributed by atoms with van der Waals surface area (Å²) in [6.07, 6.45) is 2.30. The number of hydrogen-bond acceptors (Lipinski definition) is 5. The summed E-state index contributed by atoms with van der Waals surface area (Å²) in [5, 5.41) is 5.58. The van der Waals surface area contributed by atoms with Crippen LogP contribution in [0.1, 0.15) is 11.1 Å². The average Bonchev–Trinajstić information content (AvgIpc) is 3.10. The number of rotatable bonds is 5. The molecule has 0 bridgehead atoms. The molecule has 29 heavy (non-hydrogen) atoms. The van der Waals surface area contributed by atoms with Crippen molar-refractivity contribution in [2.24, 2.45) is 0 Å². The number of halogens is 1. The Bertz CT molecular complexity index is 962. The summed E-state index contributed by atoms with van der Waals surface area (Å²) >= 11 is 1.39. The molecule has 0 saturated carbocycles. The van der Waals surface area contributed by atoms with E-state index in [1.807, 2.05) is 12.1 Å². The Hall–Kier alpha value is -2.84. The molecule has 2 amide bonds. The maximum absolute atomic E-state index is 14.4. The molecule has 4 rings (SSSR count). The van der Waals surface area contributed by atoms with Gasteiger partial charge in [0.15, 0.2) is 11.6 Å². The van der Waals surface area contributed by atoms with Gasteiger partial charge in [-0.2, -0.15) is 0 Å². The Morgan fingerprint density at radius 2 is 2.03 bits per heavy atom. The third kappa shape index (κ3) is 4.96. The number of carbonyl (C=O) groups excluding carboxylic acids is 2. The van der Waals surface area contributed by atoms with E-state index < -0.39 is 5.82 Å². The van der Waals surface area contributed by atoms with Crippen LogP contribution < -0.4 is 15.4 Å². The highest BCUT2D eigenvalue weighted by Gasteiger charge is 2.19. The summed E-state index contributed by atoms with van der Waals surface area (Å²) in [6.45, 7) is 0.592. The SMILES string of the molecule is O=C1COCC(Cc2ccc(Oc3ccc(/C=C4\SCNC4=O)cc3F)cc2)N1. The van der Waals surface area contributed by atoms with E-state index in [4.69, 9.17) is 9.47 Å². The zero-order valence-electron chi connectivity index (χ0n) is 15.4. The van der Waals surface area contributed by atoms with Gasteiger partial charge in [0.05, 0.1) is 23.4 Å². The lowest BCUT2D eigenvalue weighted by molar-refractivity contribution is -0.131. The van der Waals surface area contributed by atoms with Crippen molar-refractivity contribution in [3.8, 4) is 11.5 Å². The first-order valence-corrected chi connectivity index (χ1v) is 10.1. The minimum Gasteiger partial charge on any atom is -0.454 e. The van der Waals surface area contributed by atoms with Crippen LogP contribution in [0.3, 0.4) is 0 Å². The van der Waals surface area contributed by atoms with Crippen molar-refractivity contribution in [2.45, 2.75) is 12.5 Å². The van der Waals surface area contributed by atoms with Crippen molar-refractivity contribution >= 4 is 29.7 Å². The van der Waals surface area contributed by atoms with Gasteiger partial charge < -0.3 is 20.1 Å². The second kappa shape index (κ2) is 8.67. The van der Waals surface area contributed by atoms with Crippen molar-refractivity contribution in [3.05, 3.63) is 64.3 Å². The van der Waals surface area contributed by atoms with E-state index in [0.29, 0.717) is 35.1 Å². The molecule has 0 radical (unpaired) electrons. The fourth-order valence-corrected chi connectivity index (χ4v) is 3.88. The number of carbonyl (C=O) groups is 2. The second-order valence-electron chi connectivity index (χ2n) is 6.72. The highest BCUT2D eigenvalue weighted by Crippen LogP contribution is 2.28. The largest absolute Gasteiger partial charge is 0.454 e. The monoisotopic (exact) mass is 414 g/mol. The molecule has 0 aliphatic carbocycles. The van der Waals surface area contributed by atoms with Crippen molar-refractivity contribution < 1.29 is 23.5 Å². The van der Waals surface area contributed by atoms with Crippen LogP contribution in [0.15, 0.2) is 47.4 Å². The molecule has 2 fully saturated rings. The zero-order chi connectivity index (χ0) is 20.2. The Morgan fingerprint density at radius 1 is 1.21 bits per heavy atom. The first kappa shape index (κ1) is 19.5. The molecule has 2 heterocycles. The van der Waals surface area contributed by atoms with E-state index in [2.05, 4.69) is 10.6 Å². The first-order chi connectivity index (χ1) is 14.1. The third-order valence-corrected chi connectivity index (χ3v) is 5.39. The highest BCUT2D eigenvalue weighted by atomic mass is 32.2. The van der Waals surface area contributed by atoms with Gasteiger partial charge in [0.1, 0.15) is 12.4 Å². The van der Waals surface area contributed by atoms with Crippen LogP contribution in [-0.2, 0) is 20.7 Å². The van der Waals surface area contributed by atoms with Gasteiger partial charge in [-0.05, 0) is 47.9 Å². The minimum atomic E-state index is -0.506. The lowest BCUT2D eigenvalue weighted by atomic mass is 10.1. The third-order valence-electron chi connectivity index (χ3n) is 4.49. The van der Waals surface area contributed by atoms with Crippen LogP contribution in [0.5, 0.6) is 11.5 Å². The van der Waals surface area contributed by atoms with E-state index >= 15 is 0 Å². The molecule has 1 unspecified atom stereocenters. The van der Waals surface area contributed by atoms with Crippen molar-refractivity contribution in [3.63, 3.8) is 0 Å². The molecule has 2 saturated heterocycles. The molecule has 2 aliphatic heterocycles. The Balaban J connectivity index is 1.40. The lowest BCUT2D eigenvalue weighted by Crippen LogP contribution is -2.46. The molecular formula is C21H19FN2O4S. The molecule has 1 atom stereocenters. The van der Waals surface area contributed by atoms with E-state index in [1.54, 1.807) is 30.3 Å². The van der Waals surface area contributed by atoms with Crippen LogP contribution in [-0.4, -0.2) is 36.9 Å². The lowest BCUT2D eigenvalue weighted by Gasteiger charge is -2.23. The standard InChI is InChI=1S/C21H19FN2O4S/c22-17-8-14(9-19-21(26)23-12-29-19)3-6-18(17)28-16-4-1-13(2-5-16)7-15-10-27-11-20(25)24-15/h1-6,8-9,15H,7,10-12H2,(H,23,26)(H,24,25)/b19-9-. The molecule has 6 nitrogen and oxygen atoms in total. The molecule has 2 N–H and O–H groups in total. The number of nitrogens with one attached hydrogen (secondary N) is 2. The fourth-order valence-electron chi connectivity index (χ4n) is 3.10. The maximum Gasteiger partial charge on any atom is 0.258 e. The van der Waals surface area contributed by atoms with Gasteiger partial charge in [-0.3, -0.25) is 9.59 Å². The summed E-state index contributed by atoms with van der Waals surface area (Å²) in [5.74, 6) is 0.390. The number of ether oxygens (including phenoxy) is 2. The van der Waals surface area contributed by atoms with Crippen LogP contribution in [0.2, 0.25) is 0 Å². The summed E-state index contributed by atoms with van der Waals surface area (Å²) in [4.78, 5) is 23.5. The van der Waals surface area contributed by atoms with E-state index in [-0.39, 0.29) is 30.2 Å². The number of hydrogen-bond donors (Lipinski definition) is 2. The molecule has 0 spiro atoms. The predicted octanol–water partition coefficient (Wildman–Crippen LogP) is 2.84. The number of thioether (sulfide) groups is 1. The summed E-state index contributed by atoms with van der Waals surface area (Å²) < 4.78 is 25.3. The van der Waals surface area contributed by atoms with Crippen molar-refractivity contribution in [2.75, 3.05) is 19.1 Å². The van der Waals surface area contributed by atoms with Crippen molar-refractivity contribution in [1.29, 1.82) is 0 Å². The number of morpholine rings is 1. The van der Waals surface area contributed by atoms with Gasteiger partial charge in [0, 0.05) is 0 Å². The van der Waals surface area contributed by atoms with E-state index in [9.17, 15) is 14.0 Å². The molecule has 150 valence electrons. The summed E-state index contributed by atoms with van der Waals surface area (Å²) in [7, 11) is 0. The Kier molecular flexibility index (Phi) is 5.82. The van der Waals surface area contributed by atoms with E-state index in [1.165, 1.54) is 17.8 Å². The summed E-state index contributed by atoms with van der Waals surface area (Å²) in [5.41, 5.74) is 1.62. The van der Waals surface area contributed by atoms with Crippen LogP contribution in [0, 0.1) is 5.82 Å². The minimum absolute atomic E-state index is 0.0535. The Morgan fingerprint density at radius 3 is 2.72 bits per heavy atom. The van der Waals surface area contributed by atoms with Crippen molar-refractivity contribution in [1.82, 2.24) is 10.6 Å². The zero-order valence-corrected chi connectivity index (χ0v) is 16.3. The molecule has 2 aliphatic rings. The number of benzene rings is 2. The highest BCUT2D eigenvalue weighted by molar-refractivity contribution is 8.04. The van der Waals surface area contributed by atoms with Gasteiger partial charge in [-0.15, -0.1) is 0 Å². The van der Waals surface area contributed by atoms with Crippen LogP contribution in [0.25, 0.3) is 6.08 Å². The quantitative estimate of drug-likeness (QED) is 0.736. The smallest absolute Gasteiger partial charge is 0.258 e. The van der Waals surface area contributed by atoms with Gasteiger partial charge in [0.25, 0.3) is 5.91 Å². The fraction of sp³-hybridized carbons (Fsp3) is 0.238. The van der Waals surface area contributed by atoms with Gasteiger partial charge in [-0.25, -0.2) is 4.39 Å². The van der Waals surface area contributed by atoms with Crippen LogP contribution >= 0.6 is 11.8 Å². The number of amides is 2. The first-order valence-electron chi connectivity index (χ1n) is 9.13. The van der Waals surface area contributed by atoms with Crippen LogP contribution in [0.4, 0.5) is 4.39 Å². The molecule has 2 aromatic rings. The predicted molar refractivity (Wildman–Crippen MR) is 108 cm³/mol. The topological polar surface area (TPSA) is 76.7 Å². The molecular weight excluding hydrogens is 395 g/mol. The van der Waals surface area contributed by atoms with Gasteiger partial charge in [0.2, 0.25) is 5.91 Å².